The second-order valence-corrected chi connectivity index (χ2v) is 13.3. The highest BCUT2D eigenvalue weighted by Crippen LogP contribution is 2.39. The van der Waals surface area contributed by atoms with E-state index < -0.39 is 36.9 Å². The quantitative estimate of drug-likeness (QED) is 0.253. The minimum Gasteiger partial charge on any atom is -0.455 e. The molecule has 2 aliphatic rings. The van der Waals surface area contributed by atoms with Crippen LogP contribution in [0.2, 0.25) is 0 Å². The Morgan fingerprint density at radius 3 is 2.65 bits per heavy atom. The van der Waals surface area contributed by atoms with E-state index in [0.29, 0.717) is 59.4 Å². The predicted octanol–water partition coefficient (Wildman–Crippen LogP) is 4.92. The molecule has 1 aromatic carbocycles. The molecule has 0 spiro atoms. The molecule has 3 atom stereocenters. The number of aliphatic hydroxyl groups is 1. The number of amides is 2. The number of fused-ring (bicyclic) bond motifs is 3. The van der Waals surface area contributed by atoms with Crippen molar-refractivity contribution >= 4 is 34.1 Å². The van der Waals surface area contributed by atoms with Crippen molar-refractivity contribution in [3.05, 3.63) is 41.6 Å². The highest BCUT2D eigenvalue weighted by Gasteiger charge is 2.32. The summed E-state index contributed by atoms with van der Waals surface area (Å²) >= 11 is 0. The Bertz CT molecular complexity index is 1790. The van der Waals surface area contributed by atoms with Gasteiger partial charge >= 0.3 is 6.09 Å². The number of aryl methyl sites for hydroxylation is 1. The number of carbonyl (C=O) groups excluding carboxylic acids is 2. The monoisotopic (exact) mass is 638 g/mol. The minimum absolute atomic E-state index is 0.0139. The van der Waals surface area contributed by atoms with Gasteiger partial charge in [0.25, 0.3) is 12.3 Å². The van der Waals surface area contributed by atoms with Gasteiger partial charge in [0.15, 0.2) is 11.5 Å². The number of carbonyl (C=O) groups is 2. The average Bonchev–Trinajstić information content (AvgIpc) is 3.66. The third-order valence-electron chi connectivity index (χ3n) is 8.28. The van der Waals surface area contributed by atoms with Crippen molar-refractivity contribution in [1.29, 1.82) is 0 Å². The van der Waals surface area contributed by atoms with Crippen LogP contribution < -0.4 is 10.1 Å². The summed E-state index contributed by atoms with van der Waals surface area (Å²) in [5.74, 6) is 1.13. The van der Waals surface area contributed by atoms with Gasteiger partial charge in [-0.1, -0.05) is 12.1 Å². The van der Waals surface area contributed by atoms with Crippen LogP contribution in [0, 0.1) is 5.92 Å². The Hall–Kier alpha value is -4.26. The number of halogens is 2. The van der Waals surface area contributed by atoms with Crippen molar-refractivity contribution < 1.29 is 33.0 Å². The van der Waals surface area contributed by atoms with Gasteiger partial charge in [0, 0.05) is 38.5 Å². The van der Waals surface area contributed by atoms with Crippen LogP contribution in [0.15, 0.2) is 30.3 Å². The standard InChI is InChI=1S/C33H40F2N6O5/c1-18(42)28(35)45-26-8-6-7-20-13-25(41(27(20)26)16-19-9-10-19)30-38-24-14-22-23(37-29(24)39(30)5)11-12-40(31(22)43)17-21(15-34)36-32(44)46-33(2,3)4/h6-8,13-14,18-19,21,28,42H,9-12,15-17H2,1-5H3,(H,36,44)/t18?,21-,28?/m1/s1. The van der Waals surface area contributed by atoms with E-state index in [1.165, 1.54) is 11.8 Å². The molecule has 1 saturated carbocycles. The molecule has 0 bridgehead atoms. The number of hydrogen-bond donors (Lipinski definition) is 2. The van der Waals surface area contributed by atoms with Crippen molar-refractivity contribution in [1.82, 2.24) is 29.3 Å². The third kappa shape index (κ3) is 6.37. The SMILES string of the molecule is CC(O)C(F)Oc1cccc2cc(-c3nc4cc5c(nc4n3C)CCN(C[C@@H](CF)NC(=O)OC(C)(C)C)C5=O)n(CC3CC3)c12. The van der Waals surface area contributed by atoms with E-state index in [4.69, 9.17) is 19.4 Å². The number of pyridine rings is 1. The first kappa shape index (κ1) is 31.7. The number of nitrogens with one attached hydrogen (secondary N) is 1. The summed E-state index contributed by atoms with van der Waals surface area (Å²) in [6, 6.07) is 8.20. The molecular weight excluding hydrogens is 598 g/mol. The Balaban J connectivity index is 1.32. The lowest BCUT2D eigenvalue weighted by Gasteiger charge is -2.31. The molecule has 13 heteroatoms. The van der Waals surface area contributed by atoms with Gasteiger partial charge in [-0.25, -0.2) is 19.2 Å². The van der Waals surface area contributed by atoms with Gasteiger partial charge in [-0.15, -0.1) is 0 Å². The Kier molecular flexibility index (Phi) is 8.38. The zero-order valence-electron chi connectivity index (χ0n) is 26.7. The molecular formula is C33H40F2N6O5. The first-order chi connectivity index (χ1) is 21.8. The second kappa shape index (κ2) is 12.2. The smallest absolute Gasteiger partial charge is 0.408 e. The molecule has 1 aliphatic heterocycles. The van der Waals surface area contributed by atoms with Crippen LogP contribution in [0.4, 0.5) is 13.6 Å². The van der Waals surface area contributed by atoms with Gasteiger partial charge < -0.3 is 33.9 Å². The molecule has 3 aromatic heterocycles. The van der Waals surface area contributed by atoms with Crippen LogP contribution in [-0.2, 0) is 24.8 Å². The van der Waals surface area contributed by atoms with Gasteiger partial charge in [0.05, 0.1) is 28.5 Å². The maximum atomic E-state index is 14.5. The van der Waals surface area contributed by atoms with Crippen molar-refractivity contribution in [3.63, 3.8) is 0 Å². The Labute approximate surface area is 265 Å². The maximum absolute atomic E-state index is 14.5. The van der Waals surface area contributed by atoms with E-state index in [1.54, 1.807) is 39.0 Å². The first-order valence-corrected chi connectivity index (χ1v) is 15.7. The fourth-order valence-electron chi connectivity index (χ4n) is 5.85. The summed E-state index contributed by atoms with van der Waals surface area (Å²) in [7, 11) is 1.87. The number of imidazole rings is 1. The van der Waals surface area contributed by atoms with Crippen molar-refractivity contribution in [2.45, 2.75) is 77.6 Å². The molecule has 46 heavy (non-hydrogen) atoms. The summed E-state index contributed by atoms with van der Waals surface area (Å²) in [5.41, 5.74) is 2.94. The summed E-state index contributed by atoms with van der Waals surface area (Å²) in [4.78, 5) is 37.1. The topological polar surface area (TPSA) is 124 Å². The number of hydrogen-bond acceptors (Lipinski definition) is 7. The highest BCUT2D eigenvalue weighted by atomic mass is 19.1. The van der Waals surface area contributed by atoms with Gasteiger partial charge in [-0.3, -0.25) is 4.79 Å². The second-order valence-electron chi connectivity index (χ2n) is 13.3. The van der Waals surface area contributed by atoms with E-state index in [2.05, 4.69) is 9.88 Å². The van der Waals surface area contributed by atoms with Crippen molar-refractivity contribution in [2.75, 3.05) is 19.8 Å². The highest BCUT2D eigenvalue weighted by molar-refractivity contribution is 5.99. The number of rotatable bonds is 10. The largest absolute Gasteiger partial charge is 0.455 e. The molecule has 6 rings (SSSR count). The molecule has 2 amide bonds. The number of ether oxygens (including phenoxy) is 2. The fourth-order valence-corrected chi connectivity index (χ4v) is 5.85. The maximum Gasteiger partial charge on any atom is 0.408 e. The van der Waals surface area contributed by atoms with Crippen LogP contribution in [0.1, 0.15) is 56.6 Å². The molecule has 2 N–H and O–H groups in total. The molecule has 1 aliphatic carbocycles. The average molecular weight is 639 g/mol. The zero-order chi connectivity index (χ0) is 32.9. The zero-order valence-corrected chi connectivity index (χ0v) is 26.7. The Morgan fingerprint density at radius 1 is 1.22 bits per heavy atom. The predicted molar refractivity (Wildman–Crippen MR) is 168 cm³/mol. The molecule has 2 unspecified atom stereocenters. The minimum atomic E-state index is -1.88. The lowest BCUT2D eigenvalue weighted by molar-refractivity contribution is -0.0365. The van der Waals surface area contributed by atoms with E-state index in [9.17, 15) is 23.5 Å². The number of para-hydroxylation sites is 1. The van der Waals surface area contributed by atoms with Crippen LogP contribution in [0.5, 0.6) is 5.75 Å². The van der Waals surface area contributed by atoms with Crippen LogP contribution >= 0.6 is 0 Å². The van der Waals surface area contributed by atoms with Crippen molar-refractivity contribution in [3.8, 4) is 17.3 Å². The number of nitrogens with zero attached hydrogens (tertiary/aromatic N) is 5. The molecule has 246 valence electrons. The van der Waals surface area contributed by atoms with Gasteiger partial charge in [-0.2, -0.15) is 4.39 Å². The number of aliphatic hydroxyl groups excluding tert-OH is 1. The van der Waals surface area contributed by atoms with Gasteiger partial charge in [0.1, 0.15) is 29.6 Å². The fraction of sp³-hybridized carbons (Fsp3) is 0.515. The van der Waals surface area contributed by atoms with E-state index in [0.717, 1.165) is 29.4 Å². The Morgan fingerprint density at radius 2 is 1.98 bits per heavy atom. The first-order valence-electron chi connectivity index (χ1n) is 15.7. The molecule has 4 aromatic rings. The van der Waals surface area contributed by atoms with Crippen molar-refractivity contribution in [2.24, 2.45) is 13.0 Å². The number of benzene rings is 1. The normalized spacial score (nSPS) is 17.2. The van der Waals surface area contributed by atoms with E-state index in [-0.39, 0.29) is 12.5 Å². The summed E-state index contributed by atoms with van der Waals surface area (Å²) in [6.45, 7) is 6.65. The van der Waals surface area contributed by atoms with Gasteiger partial charge in [-0.05, 0) is 64.7 Å². The third-order valence-corrected chi connectivity index (χ3v) is 8.28. The molecule has 1 fully saturated rings. The number of alkyl halides is 2. The summed E-state index contributed by atoms with van der Waals surface area (Å²) < 4.78 is 43.2. The molecule has 0 saturated heterocycles. The lowest BCUT2D eigenvalue weighted by atomic mass is 10.0. The van der Waals surface area contributed by atoms with Crippen LogP contribution in [0.25, 0.3) is 33.6 Å². The van der Waals surface area contributed by atoms with E-state index >= 15 is 0 Å². The lowest BCUT2D eigenvalue weighted by Crippen LogP contribution is -2.50. The molecule has 11 nitrogen and oxygen atoms in total. The van der Waals surface area contributed by atoms with E-state index in [1.807, 2.05) is 23.7 Å². The van der Waals surface area contributed by atoms with Crippen LogP contribution in [0.3, 0.4) is 0 Å². The molecule has 4 heterocycles. The van der Waals surface area contributed by atoms with Crippen LogP contribution in [-0.4, -0.2) is 85.0 Å². The number of aromatic nitrogens is 4. The molecule has 0 radical (unpaired) electrons. The summed E-state index contributed by atoms with van der Waals surface area (Å²) in [6.07, 6.45) is -1.27. The van der Waals surface area contributed by atoms with Gasteiger partial charge in [0.2, 0.25) is 0 Å². The number of alkyl carbamates (subject to hydrolysis) is 1. The summed E-state index contributed by atoms with van der Waals surface area (Å²) in [5, 5.41) is 13.1.